The van der Waals surface area contributed by atoms with Crippen LogP contribution in [0.25, 0.3) is 0 Å². The van der Waals surface area contributed by atoms with Gasteiger partial charge in [-0.15, -0.1) is 0 Å². The summed E-state index contributed by atoms with van der Waals surface area (Å²) in [4.78, 5) is 11.5. The fraction of sp³-hybridized carbons (Fsp3) is 0.950. The molecular weight excluding hydrogens is 272 g/mol. The van der Waals surface area contributed by atoms with Crippen LogP contribution in [0.2, 0.25) is 0 Å². The van der Waals surface area contributed by atoms with Crippen LogP contribution in [0.15, 0.2) is 0 Å². The Morgan fingerprint density at radius 3 is 1.50 bits per heavy atom. The molecule has 0 radical (unpaired) electrons. The van der Waals surface area contributed by atoms with Gasteiger partial charge in [0, 0.05) is 6.42 Å². The lowest BCUT2D eigenvalue weighted by Crippen LogP contribution is -2.05. The van der Waals surface area contributed by atoms with E-state index in [0.29, 0.717) is 13.0 Å². The summed E-state index contributed by atoms with van der Waals surface area (Å²) >= 11 is 0. The number of esters is 1. The van der Waals surface area contributed by atoms with Crippen molar-refractivity contribution in [1.29, 1.82) is 0 Å². The van der Waals surface area contributed by atoms with Gasteiger partial charge in [-0.2, -0.15) is 0 Å². The number of hydrogen-bond donors (Lipinski definition) is 0. The smallest absolute Gasteiger partial charge is 0.305 e. The van der Waals surface area contributed by atoms with Crippen molar-refractivity contribution in [1.82, 2.24) is 0 Å². The summed E-state index contributed by atoms with van der Waals surface area (Å²) in [5, 5.41) is 0. The normalized spacial score (nSPS) is 10.8. The van der Waals surface area contributed by atoms with E-state index in [9.17, 15) is 4.79 Å². The first-order valence-electron chi connectivity index (χ1n) is 9.96. The topological polar surface area (TPSA) is 26.3 Å². The Morgan fingerprint density at radius 1 is 0.591 bits per heavy atom. The Hall–Kier alpha value is -0.530. The zero-order valence-corrected chi connectivity index (χ0v) is 15.3. The van der Waals surface area contributed by atoms with Crippen LogP contribution in [0.1, 0.15) is 117 Å². The molecule has 0 fully saturated rings. The predicted octanol–water partition coefficient (Wildman–Crippen LogP) is 6.81. The first kappa shape index (κ1) is 21.5. The molecule has 0 atom stereocenters. The number of unbranched alkanes of at least 4 members (excludes halogenated alkanes) is 13. The van der Waals surface area contributed by atoms with Crippen molar-refractivity contribution >= 4 is 5.97 Å². The van der Waals surface area contributed by atoms with E-state index in [-0.39, 0.29) is 5.97 Å². The van der Waals surface area contributed by atoms with E-state index in [1.807, 2.05) is 0 Å². The van der Waals surface area contributed by atoms with Gasteiger partial charge >= 0.3 is 5.97 Å². The van der Waals surface area contributed by atoms with E-state index in [4.69, 9.17) is 4.74 Å². The van der Waals surface area contributed by atoms with Gasteiger partial charge in [-0.25, -0.2) is 0 Å². The van der Waals surface area contributed by atoms with Crippen LogP contribution in [-0.2, 0) is 9.53 Å². The molecule has 132 valence electrons. The summed E-state index contributed by atoms with van der Waals surface area (Å²) in [5.74, 6) is 0.00931. The quantitative estimate of drug-likeness (QED) is 0.218. The van der Waals surface area contributed by atoms with Crippen LogP contribution in [0.5, 0.6) is 0 Å². The predicted molar refractivity (Wildman–Crippen MR) is 96.2 cm³/mol. The molecule has 0 spiro atoms. The minimum Gasteiger partial charge on any atom is -0.466 e. The molecule has 0 unspecified atom stereocenters. The second-order valence-corrected chi connectivity index (χ2v) is 6.57. The van der Waals surface area contributed by atoms with Gasteiger partial charge in [0.25, 0.3) is 0 Å². The molecular formula is C20H40O2. The molecule has 2 heteroatoms. The summed E-state index contributed by atoms with van der Waals surface area (Å²) in [5.41, 5.74) is 0. The molecule has 0 aromatic heterocycles. The van der Waals surface area contributed by atoms with Crippen molar-refractivity contribution in [3.05, 3.63) is 0 Å². The summed E-state index contributed by atoms with van der Waals surface area (Å²) < 4.78 is 5.29. The van der Waals surface area contributed by atoms with E-state index < -0.39 is 0 Å². The summed E-state index contributed by atoms with van der Waals surface area (Å²) in [7, 11) is 0. The zero-order valence-electron chi connectivity index (χ0n) is 15.3. The highest BCUT2D eigenvalue weighted by Gasteiger charge is 2.02. The third kappa shape index (κ3) is 17.5. The van der Waals surface area contributed by atoms with Crippen LogP contribution in [0, 0.1) is 0 Å². The molecule has 0 aliphatic heterocycles. The summed E-state index contributed by atoms with van der Waals surface area (Å²) in [6.07, 6.45) is 19.7. The minimum atomic E-state index is 0.00931. The molecule has 0 N–H and O–H groups in total. The lowest BCUT2D eigenvalue weighted by molar-refractivity contribution is -0.143. The Labute approximate surface area is 139 Å². The van der Waals surface area contributed by atoms with Gasteiger partial charge in [0.2, 0.25) is 0 Å². The average molecular weight is 313 g/mol. The lowest BCUT2D eigenvalue weighted by Gasteiger charge is -2.05. The van der Waals surface area contributed by atoms with Gasteiger partial charge in [-0.1, -0.05) is 97.3 Å². The molecule has 0 rings (SSSR count). The molecule has 0 saturated heterocycles. The van der Waals surface area contributed by atoms with Gasteiger partial charge in [0.05, 0.1) is 6.61 Å². The Morgan fingerprint density at radius 2 is 1.00 bits per heavy atom. The van der Waals surface area contributed by atoms with E-state index in [1.165, 1.54) is 83.5 Å². The fourth-order valence-corrected chi connectivity index (χ4v) is 2.72. The van der Waals surface area contributed by atoms with Crippen molar-refractivity contribution in [2.24, 2.45) is 0 Å². The number of rotatable bonds is 17. The zero-order chi connectivity index (χ0) is 16.3. The fourth-order valence-electron chi connectivity index (χ4n) is 2.72. The largest absolute Gasteiger partial charge is 0.466 e. The van der Waals surface area contributed by atoms with Gasteiger partial charge < -0.3 is 4.74 Å². The number of carbonyl (C=O) groups is 1. The molecule has 0 aromatic rings. The van der Waals surface area contributed by atoms with E-state index in [1.54, 1.807) is 0 Å². The van der Waals surface area contributed by atoms with E-state index >= 15 is 0 Å². The maximum absolute atomic E-state index is 11.5. The molecule has 0 aromatic carbocycles. The first-order valence-corrected chi connectivity index (χ1v) is 9.96. The number of ether oxygens (including phenoxy) is 1. The highest BCUT2D eigenvalue weighted by atomic mass is 16.5. The SMILES string of the molecule is CCCCCCCCCCCOC(=O)CCCCCCCC. The molecule has 0 bridgehead atoms. The second kappa shape index (κ2) is 18.5. The van der Waals surface area contributed by atoms with Crippen LogP contribution in [0.4, 0.5) is 0 Å². The molecule has 0 amide bonds. The van der Waals surface area contributed by atoms with Crippen molar-refractivity contribution in [2.75, 3.05) is 6.61 Å². The summed E-state index contributed by atoms with van der Waals surface area (Å²) in [6, 6.07) is 0. The molecule has 0 heterocycles. The highest BCUT2D eigenvalue weighted by molar-refractivity contribution is 5.69. The Kier molecular flexibility index (Phi) is 18.1. The van der Waals surface area contributed by atoms with Crippen molar-refractivity contribution in [3.63, 3.8) is 0 Å². The van der Waals surface area contributed by atoms with Crippen molar-refractivity contribution in [3.8, 4) is 0 Å². The highest BCUT2D eigenvalue weighted by Crippen LogP contribution is 2.10. The molecule has 0 aliphatic rings. The van der Waals surface area contributed by atoms with Crippen molar-refractivity contribution < 1.29 is 9.53 Å². The van der Waals surface area contributed by atoms with Crippen LogP contribution >= 0.6 is 0 Å². The first-order chi connectivity index (χ1) is 10.8. The van der Waals surface area contributed by atoms with E-state index in [0.717, 1.165) is 12.8 Å². The van der Waals surface area contributed by atoms with Crippen LogP contribution in [-0.4, -0.2) is 12.6 Å². The molecule has 22 heavy (non-hydrogen) atoms. The number of hydrogen-bond acceptors (Lipinski definition) is 2. The summed E-state index contributed by atoms with van der Waals surface area (Å²) in [6.45, 7) is 5.11. The lowest BCUT2D eigenvalue weighted by atomic mass is 10.1. The van der Waals surface area contributed by atoms with Crippen molar-refractivity contribution in [2.45, 2.75) is 117 Å². The monoisotopic (exact) mass is 312 g/mol. The maximum atomic E-state index is 11.5. The van der Waals surface area contributed by atoms with Gasteiger partial charge in [0.1, 0.15) is 0 Å². The molecule has 0 saturated carbocycles. The van der Waals surface area contributed by atoms with Crippen LogP contribution < -0.4 is 0 Å². The second-order valence-electron chi connectivity index (χ2n) is 6.57. The Balaban J connectivity index is 3.12. The third-order valence-corrected chi connectivity index (χ3v) is 4.25. The Bertz CT molecular complexity index is 226. The van der Waals surface area contributed by atoms with Gasteiger partial charge in [0.15, 0.2) is 0 Å². The molecule has 2 nitrogen and oxygen atoms in total. The van der Waals surface area contributed by atoms with Gasteiger partial charge in [-0.3, -0.25) is 4.79 Å². The standard InChI is InChI=1S/C20H40O2/c1-3-5-7-9-11-12-13-15-17-19-22-20(21)18-16-14-10-8-6-4-2/h3-19H2,1-2H3. The van der Waals surface area contributed by atoms with Crippen LogP contribution in [0.3, 0.4) is 0 Å². The van der Waals surface area contributed by atoms with E-state index in [2.05, 4.69) is 13.8 Å². The maximum Gasteiger partial charge on any atom is 0.305 e. The minimum absolute atomic E-state index is 0.00931. The third-order valence-electron chi connectivity index (χ3n) is 4.25. The van der Waals surface area contributed by atoms with Gasteiger partial charge in [-0.05, 0) is 12.8 Å². The number of carbonyl (C=O) groups excluding carboxylic acids is 1. The molecule has 0 aliphatic carbocycles. The average Bonchev–Trinajstić information content (AvgIpc) is 2.52.